The smallest absolute Gasteiger partial charge is 0.268 e. The average molecular weight is 522 g/mol. The number of aromatic nitrogens is 1. The summed E-state index contributed by atoms with van der Waals surface area (Å²) in [5.74, 6) is -0.129. The second kappa shape index (κ2) is 11.8. The van der Waals surface area contributed by atoms with E-state index in [4.69, 9.17) is 11.6 Å². The van der Waals surface area contributed by atoms with Gasteiger partial charge in [-0.2, -0.15) is 0 Å². The molecule has 0 bridgehead atoms. The van der Waals surface area contributed by atoms with Crippen LogP contribution in [0.1, 0.15) is 45.8 Å². The number of carbonyl (C=O) groups is 1. The summed E-state index contributed by atoms with van der Waals surface area (Å²) in [5, 5.41) is 37.5. The highest BCUT2D eigenvalue weighted by molar-refractivity contribution is 6.30. The molecule has 4 rings (SSSR count). The number of rotatable bonds is 10. The highest BCUT2D eigenvalue weighted by Gasteiger charge is 2.15. The van der Waals surface area contributed by atoms with Crippen molar-refractivity contribution in [2.24, 2.45) is 7.05 Å². The summed E-state index contributed by atoms with van der Waals surface area (Å²) in [5.41, 5.74) is 4.68. The number of fused-ring (bicyclic) bond motifs is 1. The van der Waals surface area contributed by atoms with Crippen LogP contribution in [0, 0.1) is 0 Å². The fraction of sp³-hybridized carbons (Fsp3) is 0.276. The van der Waals surface area contributed by atoms with E-state index in [1.807, 2.05) is 42.8 Å². The van der Waals surface area contributed by atoms with Crippen molar-refractivity contribution in [1.82, 2.24) is 15.2 Å². The minimum absolute atomic E-state index is 0.0123. The normalized spacial score (nSPS) is 13.0. The summed E-state index contributed by atoms with van der Waals surface area (Å²) in [6, 6.07) is 20.3. The van der Waals surface area contributed by atoms with Gasteiger partial charge in [0.05, 0.1) is 12.7 Å². The first kappa shape index (κ1) is 26.7. The summed E-state index contributed by atoms with van der Waals surface area (Å²) >= 11 is 5.93. The molecular formula is C29H32ClN3O4. The number of aryl methyl sites for hydroxylation is 1. The first-order chi connectivity index (χ1) is 17.7. The van der Waals surface area contributed by atoms with Crippen molar-refractivity contribution >= 4 is 28.4 Å². The van der Waals surface area contributed by atoms with Gasteiger partial charge in [-0.1, -0.05) is 35.9 Å². The lowest BCUT2D eigenvalue weighted by Crippen LogP contribution is -2.32. The third-order valence-electron chi connectivity index (χ3n) is 6.57. The molecule has 2 atom stereocenters. The number of nitrogens with zero attached hydrogens (tertiary/aromatic N) is 1. The zero-order chi connectivity index (χ0) is 26.5. The Kier molecular flexibility index (Phi) is 8.51. The van der Waals surface area contributed by atoms with E-state index in [-0.39, 0.29) is 24.3 Å². The Balaban J connectivity index is 1.36. The third kappa shape index (κ3) is 6.50. The fourth-order valence-corrected chi connectivity index (χ4v) is 4.54. The van der Waals surface area contributed by atoms with Crippen LogP contribution in [0.15, 0.2) is 66.7 Å². The lowest BCUT2D eigenvalue weighted by molar-refractivity contribution is 0.0943. The molecule has 3 aromatic carbocycles. The number of aliphatic hydroxyl groups excluding tert-OH is 2. The van der Waals surface area contributed by atoms with Gasteiger partial charge >= 0.3 is 0 Å². The number of hydrogen-bond donors (Lipinski definition) is 5. The van der Waals surface area contributed by atoms with Gasteiger partial charge in [-0.3, -0.25) is 4.79 Å². The standard InChI is InChI=1S/C29H32ClN3O4/c1-18(31-16-28(36)21-6-10-27(35)23(13-21)17-34)11-20-5-9-25-22(12-20)14-26(33(25)2)29(37)32-15-19-3-7-24(30)8-4-19/h3-10,12-14,18,28,31,34-36H,11,15-17H2,1-2H3,(H,32,37). The molecule has 0 saturated carbocycles. The zero-order valence-corrected chi connectivity index (χ0v) is 21.7. The highest BCUT2D eigenvalue weighted by Crippen LogP contribution is 2.23. The van der Waals surface area contributed by atoms with Crippen molar-refractivity contribution in [2.75, 3.05) is 6.54 Å². The first-order valence-electron chi connectivity index (χ1n) is 12.2. The molecule has 8 heteroatoms. The Bertz CT molecular complexity index is 1380. The fourth-order valence-electron chi connectivity index (χ4n) is 4.41. The summed E-state index contributed by atoms with van der Waals surface area (Å²) < 4.78 is 1.90. The number of benzene rings is 3. The number of hydrogen-bond acceptors (Lipinski definition) is 5. The molecule has 0 aliphatic rings. The molecule has 0 aliphatic carbocycles. The van der Waals surface area contributed by atoms with Crippen LogP contribution in [-0.2, 0) is 26.6 Å². The maximum absolute atomic E-state index is 12.8. The van der Waals surface area contributed by atoms with Gasteiger partial charge in [0, 0.05) is 47.7 Å². The molecule has 0 saturated heterocycles. The zero-order valence-electron chi connectivity index (χ0n) is 20.9. The molecule has 0 radical (unpaired) electrons. The van der Waals surface area contributed by atoms with E-state index in [9.17, 15) is 20.1 Å². The van der Waals surface area contributed by atoms with Gasteiger partial charge in [0.25, 0.3) is 5.91 Å². The molecule has 1 amide bonds. The topological polar surface area (TPSA) is 107 Å². The minimum atomic E-state index is -0.765. The Hall–Kier alpha value is -3.36. The van der Waals surface area contributed by atoms with E-state index < -0.39 is 6.10 Å². The Morgan fingerprint density at radius 2 is 1.76 bits per heavy atom. The monoisotopic (exact) mass is 521 g/mol. The Labute approximate surface area is 221 Å². The number of amides is 1. The first-order valence-corrected chi connectivity index (χ1v) is 12.6. The summed E-state index contributed by atoms with van der Waals surface area (Å²) in [6.07, 6.45) is -0.0217. The Morgan fingerprint density at radius 1 is 1.03 bits per heavy atom. The summed E-state index contributed by atoms with van der Waals surface area (Å²) in [6.45, 7) is 2.52. The van der Waals surface area contributed by atoms with E-state index >= 15 is 0 Å². The quantitative estimate of drug-likeness (QED) is 0.215. The maximum Gasteiger partial charge on any atom is 0.268 e. The van der Waals surface area contributed by atoms with E-state index in [0.717, 1.165) is 28.5 Å². The van der Waals surface area contributed by atoms with Gasteiger partial charge in [-0.05, 0) is 72.5 Å². The lowest BCUT2D eigenvalue weighted by Gasteiger charge is -2.18. The second-order valence-corrected chi connectivity index (χ2v) is 9.80. The molecule has 0 aliphatic heterocycles. The van der Waals surface area contributed by atoms with Crippen LogP contribution in [0.5, 0.6) is 5.75 Å². The van der Waals surface area contributed by atoms with E-state index in [2.05, 4.69) is 22.8 Å². The largest absolute Gasteiger partial charge is 0.508 e. The SMILES string of the molecule is CC(Cc1ccc2c(c1)cc(C(=O)NCc1ccc(Cl)cc1)n2C)NCC(O)c1ccc(O)c(CO)c1. The van der Waals surface area contributed by atoms with Gasteiger partial charge in [0.1, 0.15) is 11.4 Å². The predicted molar refractivity (Wildman–Crippen MR) is 146 cm³/mol. The van der Waals surface area contributed by atoms with Crippen molar-refractivity contribution in [3.63, 3.8) is 0 Å². The van der Waals surface area contributed by atoms with Crippen LogP contribution in [0.3, 0.4) is 0 Å². The highest BCUT2D eigenvalue weighted by atomic mass is 35.5. The number of halogens is 1. The van der Waals surface area contributed by atoms with Gasteiger partial charge in [0.2, 0.25) is 0 Å². The van der Waals surface area contributed by atoms with Gasteiger partial charge in [-0.15, -0.1) is 0 Å². The number of aromatic hydroxyl groups is 1. The van der Waals surface area contributed by atoms with Crippen LogP contribution < -0.4 is 10.6 Å². The van der Waals surface area contributed by atoms with Gasteiger partial charge in [-0.25, -0.2) is 0 Å². The molecule has 1 heterocycles. The molecule has 1 aromatic heterocycles. The molecule has 7 nitrogen and oxygen atoms in total. The Morgan fingerprint density at radius 3 is 2.49 bits per heavy atom. The van der Waals surface area contributed by atoms with Crippen molar-refractivity contribution < 1.29 is 20.1 Å². The van der Waals surface area contributed by atoms with E-state index in [1.165, 1.54) is 6.07 Å². The molecule has 4 aromatic rings. The van der Waals surface area contributed by atoms with Crippen LogP contribution in [0.4, 0.5) is 0 Å². The van der Waals surface area contributed by atoms with Crippen molar-refractivity contribution in [2.45, 2.75) is 38.6 Å². The average Bonchev–Trinajstić information content (AvgIpc) is 3.22. The van der Waals surface area contributed by atoms with E-state index in [0.29, 0.717) is 34.9 Å². The molecule has 2 unspecified atom stereocenters. The van der Waals surface area contributed by atoms with Crippen molar-refractivity contribution in [3.05, 3.63) is 99.7 Å². The molecule has 5 N–H and O–H groups in total. The van der Waals surface area contributed by atoms with Crippen LogP contribution in [0.25, 0.3) is 10.9 Å². The molecule has 194 valence electrons. The summed E-state index contributed by atoms with van der Waals surface area (Å²) in [4.78, 5) is 12.8. The van der Waals surface area contributed by atoms with Crippen LogP contribution in [0.2, 0.25) is 5.02 Å². The van der Waals surface area contributed by atoms with Crippen LogP contribution >= 0.6 is 11.6 Å². The number of phenols is 1. The number of nitrogens with one attached hydrogen (secondary N) is 2. The number of carbonyl (C=O) groups excluding carboxylic acids is 1. The van der Waals surface area contributed by atoms with Gasteiger partial charge in [0.15, 0.2) is 0 Å². The maximum atomic E-state index is 12.8. The van der Waals surface area contributed by atoms with Crippen molar-refractivity contribution in [3.8, 4) is 5.75 Å². The molecule has 0 spiro atoms. The van der Waals surface area contributed by atoms with Gasteiger partial charge < -0.3 is 30.5 Å². The van der Waals surface area contributed by atoms with E-state index in [1.54, 1.807) is 24.3 Å². The third-order valence-corrected chi connectivity index (χ3v) is 6.82. The van der Waals surface area contributed by atoms with Crippen LogP contribution in [-0.4, -0.2) is 38.4 Å². The molecule has 0 fully saturated rings. The predicted octanol–water partition coefficient (Wildman–Crippen LogP) is 4.21. The number of aliphatic hydroxyl groups is 2. The molecular weight excluding hydrogens is 490 g/mol. The second-order valence-electron chi connectivity index (χ2n) is 9.37. The molecule has 37 heavy (non-hydrogen) atoms. The minimum Gasteiger partial charge on any atom is -0.508 e. The van der Waals surface area contributed by atoms with Crippen molar-refractivity contribution in [1.29, 1.82) is 0 Å². The lowest BCUT2D eigenvalue weighted by atomic mass is 10.0. The summed E-state index contributed by atoms with van der Waals surface area (Å²) in [7, 11) is 1.89.